The molecule has 1 aliphatic heterocycles. The standard InChI is InChI=1S/C13H17FO2/c1-10-3-2-4-13(16-10)9-15-12-7-5-11(14)6-8-12/h5-8,10,13H,2-4,9H2,1H3/t10-,13+/m1/s1. The molecule has 0 unspecified atom stereocenters. The zero-order valence-electron chi connectivity index (χ0n) is 9.49. The maximum Gasteiger partial charge on any atom is 0.123 e. The van der Waals surface area contributed by atoms with Crippen molar-refractivity contribution in [2.24, 2.45) is 0 Å². The molecule has 2 atom stereocenters. The molecule has 1 heterocycles. The molecule has 1 saturated heterocycles. The van der Waals surface area contributed by atoms with E-state index in [2.05, 4.69) is 6.92 Å². The fourth-order valence-corrected chi connectivity index (χ4v) is 1.94. The fraction of sp³-hybridized carbons (Fsp3) is 0.538. The molecule has 1 fully saturated rings. The SMILES string of the molecule is C[C@@H]1CCC[C@@H](COc2ccc(F)cc2)O1. The maximum atomic E-state index is 12.7. The van der Waals surface area contributed by atoms with Crippen molar-refractivity contribution in [1.29, 1.82) is 0 Å². The van der Waals surface area contributed by atoms with Gasteiger partial charge in [-0.3, -0.25) is 0 Å². The van der Waals surface area contributed by atoms with Gasteiger partial charge in [-0.2, -0.15) is 0 Å². The number of hydrogen-bond acceptors (Lipinski definition) is 2. The second kappa shape index (κ2) is 5.30. The van der Waals surface area contributed by atoms with Crippen molar-refractivity contribution in [3.63, 3.8) is 0 Å². The number of halogens is 1. The van der Waals surface area contributed by atoms with Crippen LogP contribution >= 0.6 is 0 Å². The summed E-state index contributed by atoms with van der Waals surface area (Å²) in [5.74, 6) is 0.457. The smallest absolute Gasteiger partial charge is 0.123 e. The molecular weight excluding hydrogens is 207 g/mol. The molecule has 3 heteroatoms. The lowest BCUT2D eigenvalue weighted by atomic mass is 10.1. The first-order chi connectivity index (χ1) is 7.74. The van der Waals surface area contributed by atoms with Gasteiger partial charge in [0.1, 0.15) is 18.2 Å². The minimum absolute atomic E-state index is 0.175. The first-order valence-electron chi connectivity index (χ1n) is 5.78. The van der Waals surface area contributed by atoms with Crippen molar-refractivity contribution in [1.82, 2.24) is 0 Å². The van der Waals surface area contributed by atoms with Crippen molar-refractivity contribution in [2.75, 3.05) is 6.61 Å². The Balaban J connectivity index is 1.80. The molecule has 0 radical (unpaired) electrons. The van der Waals surface area contributed by atoms with Gasteiger partial charge in [0.25, 0.3) is 0 Å². The zero-order chi connectivity index (χ0) is 11.4. The van der Waals surface area contributed by atoms with Crippen LogP contribution in [0.25, 0.3) is 0 Å². The van der Waals surface area contributed by atoms with Gasteiger partial charge in [0, 0.05) is 0 Å². The van der Waals surface area contributed by atoms with E-state index in [0.29, 0.717) is 18.5 Å². The van der Waals surface area contributed by atoms with Crippen molar-refractivity contribution in [3.05, 3.63) is 30.1 Å². The predicted octanol–water partition coefficient (Wildman–Crippen LogP) is 3.16. The second-order valence-corrected chi connectivity index (χ2v) is 4.26. The first kappa shape index (κ1) is 11.4. The summed E-state index contributed by atoms with van der Waals surface area (Å²) in [7, 11) is 0. The Kier molecular flexibility index (Phi) is 3.78. The lowest BCUT2D eigenvalue weighted by Crippen LogP contribution is -2.30. The average Bonchev–Trinajstić information content (AvgIpc) is 2.28. The summed E-state index contributed by atoms with van der Waals surface area (Å²) >= 11 is 0. The minimum atomic E-state index is -0.241. The van der Waals surface area contributed by atoms with Gasteiger partial charge in [0.2, 0.25) is 0 Å². The quantitative estimate of drug-likeness (QED) is 0.785. The normalized spacial score (nSPS) is 25.4. The Morgan fingerprint density at radius 3 is 2.75 bits per heavy atom. The zero-order valence-corrected chi connectivity index (χ0v) is 9.49. The van der Waals surface area contributed by atoms with Gasteiger partial charge in [-0.15, -0.1) is 0 Å². The van der Waals surface area contributed by atoms with Crippen molar-refractivity contribution in [2.45, 2.75) is 38.4 Å². The summed E-state index contributed by atoms with van der Waals surface area (Å²) < 4.78 is 23.9. The van der Waals surface area contributed by atoms with Gasteiger partial charge < -0.3 is 9.47 Å². The van der Waals surface area contributed by atoms with Crippen LogP contribution in [-0.4, -0.2) is 18.8 Å². The Labute approximate surface area is 95.4 Å². The highest BCUT2D eigenvalue weighted by molar-refractivity contribution is 5.22. The maximum absolute atomic E-state index is 12.7. The van der Waals surface area contributed by atoms with Crippen LogP contribution in [0.4, 0.5) is 4.39 Å². The lowest BCUT2D eigenvalue weighted by Gasteiger charge is -2.27. The lowest BCUT2D eigenvalue weighted by molar-refractivity contribution is -0.0586. The summed E-state index contributed by atoms with van der Waals surface area (Å²) in [5, 5.41) is 0. The summed E-state index contributed by atoms with van der Waals surface area (Å²) in [4.78, 5) is 0. The summed E-state index contributed by atoms with van der Waals surface area (Å²) in [6.45, 7) is 2.64. The van der Waals surface area contributed by atoms with E-state index in [-0.39, 0.29) is 11.9 Å². The third-order valence-corrected chi connectivity index (χ3v) is 2.81. The molecule has 2 rings (SSSR count). The van der Waals surface area contributed by atoms with Crippen LogP contribution in [0.5, 0.6) is 5.75 Å². The molecule has 1 aromatic rings. The first-order valence-corrected chi connectivity index (χ1v) is 5.78. The minimum Gasteiger partial charge on any atom is -0.491 e. The summed E-state index contributed by atoms with van der Waals surface area (Å²) in [6.07, 6.45) is 3.88. The Morgan fingerprint density at radius 1 is 1.31 bits per heavy atom. The molecule has 1 aliphatic rings. The van der Waals surface area contributed by atoms with Gasteiger partial charge >= 0.3 is 0 Å². The third-order valence-electron chi connectivity index (χ3n) is 2.81. The van der Waals surface area contributed by atoms with E-state index in [0.717, 1.165) is 12.8 Å². The highest BCUT2D eigenvalue weighted by Crippen LogP contribution is 2.20. The Bertz CT molecular complexity index is 323. The molecule has 0 spiro atoms. The van der Waals surface area contributed by atoms with Crippen LogP contribution in [0.3, 0.4) is 0 Å². The van der Waals surface area contributed by atoms with Gasteiger partial charge in [0.05, 0.1) is 12.2 Å². The molecule has 0 amide bonds. The highest BCUT2D eigenvalue weighted by atomic mass is 19.1. The van der Waals surface area contributed by atoms with Crippen LogP contribution in [0.1, 0.15) is 26.2 Å². The van der Waals surface area contributed by atoms with E-state index in [4.69, 9.17) is 9.47 Å². The van der Waals surface area contributed by atoms with E-state index in [1.807, 2.05) is 0 Å². The molecule has 0 aliphatic carbocycles. The van der Waals surface area contributed by atoms with E-state index in [1.165, 1.54) is 18.6 Å². The predicted molar refractivity (Wildman–Crippen MR) is 60.1 cm³/mol. The van der Waals surface area contributed by atoms with Gasteiger partial charge in [-0.25, -0.2) is 4.39 Å². The summed E-state index contributed by atoms with van der Waals surface area (Å²) in [5.41, 5.74) is 0. The molecule has 0 bridgehead atoms. The average molecular weight is 224 g/mol. The molecule has 0 saturated carbocycles. The van der Waals surface area contributed by atoms with Crippen LogP contribution in [0.15, 0.2) is 24.3 Å². The Hall–Kier alpha value is -1.09. The van der Waals surface area contributed by atoms with Crippen molar-refractivity contribution >= 4 is 0 Å². The van der Waals surface area contributed by atoms with Crippen LogP contribution < -0.4 is 4.74 Å². The van der Waals surface area contributed by atoms with E-state index < -0.39 is 0 Å². The van der Waals surface area contributed by atoms with E-state index in [1.54, 1.807) is 12.1 Å². The number of rotatable bonds is 3. The van der Waals surface area contributed by atoms with E-state index >= 15 is 0 Å². The van der Waals surface area contributed by atoms with Crippen molar-refractivity contribution in [3.8, 4) is 5.75 Å². The van der Waals surface area contributed by atoms with Crippen LogP contribution in [0.2, 0.25) is 0 Å². The topological polar surface area (TPSA) is 18.5 Å². The molecule has 16 heavy (non-hydrogen) atoms. The van der Waals surface area contributed by atoms with Gasteiger partial charge in [-0.05, 0) is 50.5 Å². The fourth-order valence-electron chi connectivity index (χ4n) is 1.94. The molecule has 1 aromatic carbocycles. The van der Waals surface area contributed by atoms with Gasteiger partial charge in [-0.1, -0.05) is 0 Å². The third kappa shape index (κ3) is 3.20. The number of hydrogen-bond donors (Lipinski definition) is 0. The largest absolute Gasteiger partial charge is 0.491 e. The van der Waals surface area contributed by atoms with Gasteiger partial charge in [0.15, 0.2) is 0 Å². The van der Waals surface area contributed by atoms with Crippen LogP contribution in [-0.2, 0) is 4.74 Å². The number of benzene rings is 1. The molecule has 2 nitrogen and oxygen atoms in total. The Morgan fingerprint density at radius 2 is 2.06 bits per heavy atom. The summed E-state index contributed by atoms with van der Waals surface area (Å²) in [6, 6.07) is 6.09. The molecule has 0 N–H and O–H groups in total. The molecule has 88 valence electrons. The van der Waals surface area contributed by atoms with E-state index in [9.17, 15) is 4.39 Å². The number of ether oxygens (including phenoxy) is 2. The molecule has 0 aromatic heterocycles. The second-order valence-electron chi connectivity index (χ2n) is 4.26. The molecular formula is C13H17FO2. The van der Waals surface area contributed by atoms with Crippen molar-refractivity contribution < 1.29 is 13.9 Å². The monoisotopic (exact) mass is 224 g/mol. The van der Waals surface area contributed by atoms with Crippen LogP contribution in [0, 0.1) is 5.82 Å². The highest BCUT2D eigenvalue weighted by Gasteiger charge is 2.19.